The summed E-state index contributed by atoms with van der Waals surface area (Å²) in [7, 11) is 0. The first-order chi connectivity index (χ1) is 8.67. The van der Waals surface area contributed by atoms with E-state index in [4.69, 9.17) is 9.47 Å². The average Bonchev–Trinajstić information content (AvgIpc) is 2.32. The van der Waals surface area contributed by atoms with Crippen LogP contribution in [0, 0.1) is 0 Å². The second-order valence-corrected chi connectivity index (χ2v) is 4.51. The average molecular weight is 251 g/mol. The topological polar surface area (TPSA) is 30.5 Å². The lowest BCUT2D eigenvalue weighted by Gasteiger charge is -2.13. The maximum Gasteiger partial charge on any atom is 0.161 e. The third-order valence-electron chi connectivity index (χ3n) is 2.57. The lowest BCUT2D eigenvalue weighted by molar-refractivity contribution is 0.287. The van der Waals surface area contributed by atoms with Gasteiger partial charge in [-0.25, -0.2) is 0 Å². The lowest BCUT2D eigenvalue weighted by atomic mass is 10.1. The molecule has 0 amide bonds. The monoisotopic (exact) mass is 251 g/mol. The molecule has 0 aromatic heterocycles. The Morgan fingerprint density at radius 1 is 1.06 bits per heavy atom. The van der Waals surface area contributed by atoms with E-state index in [1.54, 1.807) is 0 Å². The molecule has 0 atom stereocenters. The molecule has 0 saturated heterocycles. The number of hydrogen-bond donors (Lipinski definition) is 1. The molecular formula is C15H25NO2. The Kier molecular flexibility index (Phi) is 6.58. The van der Waals surface area contributed by atoms with E-state index in [9.17, 15) is 0 Å². The molecule has 3 nitrogen and oxygen atoms in total. The Labute approximate surface area is 110 Å². The molecule has 0 aliphatic rings. The summed E-state index contributed by atoms with van der Waals surface area (Å²) in [5, 5.41) is 3.41. The number of rotatable bonds is 8. The highest BCUT2D eigenvalue weighted by atomic mass is 16.5. The molecule has 0 unspecified atom stereocenters. The van der Waals surface area contributed by atoms with Crippen LogP contribution >= 0.6 is 0 Å². The summed E-state index contributed by atoms with van der Waals surface area (Å²) in [4.78, 5) is 0. The van der Waals surface area contributed by atoms with E-state index in [1.807, 2.05) is 19.9 Å². The minimum Gasteiger partial charge on any atom is -0.490 e. The smallest absolute Gasteiger partial charge is 0.161 e. The first-order valence-electron chi connectivity index (χ1n) is 6.79. The van der Waals surface area contributed by atoms with Crippen molar-refractivity contribution in [1.82, 2.24) is 5.32 Å². The Balaban J connectivity index is 2.66. The van der Waals surface area contributed by atoms with E-state index in [-0.39, 0.29) is 0 Å². The van der Waals surface area contributed by atoms with Crippen molar-refractivity contribution < 1.29 is 9.47 Å². The van der Waals surface area contributed by atoms with Crippen LogP contribution in [-0.2, 0) is 6.42 Å². The van der Waals surface area contributed by atoms with Crippen LogP contribution in [0.1, 0.15) is 33.3 Å². The molecule has 0 bridgehead atoms. The molecule has 0 aliphatic carbocycles. The Morgan fingerprint density at radius 3 is 2.33 bits per heavy atom. The SMILES string of the molecule is CCOc1ccc(CCNC(C)C)cc1OCC. The molecular weight excluding hydrogens is 226 g/mol. The van der Waals surface area contributed by atoms with Gasteiger partial charge in [0.15, 0.2) is 11.5 Å². The van der Waals surface area contributed by atoms with Gasteiger partial charge >= 0.3 is 0 Å². The second-order valence-electron chi connectivity index (χ2n) is 4.51. The van der Waals surface area contributed by atoms with E-state index >= 15 is 0 Å². The normalized spacial score (nSPS) is 10.7. The predicted octanol–water partition coefficient (Wildman–Crippen LogP) is 3.02. The maximum absolute atomic E-state index is 5.61. The van der Waals surface area contributed by atoms with Gasteiger partial charge in [-0.2, -0.15) is 0 Å². The minimum atomic E-state index is 0.527. The fourth-order valence-electron chi connectivity index (χ4n) is 1.76. The van der Waals surface area contributed by atoms with Crippen molar-refractivity contribution >= 4 is 0 Å². The standard InChI is InChI=1S/C15H25NO2/c1-5-17-14-8-7-13(9-10-16-12(3)4)11-15(14)18-6-2/h7-8,11-12,16H,5-6,9-10H2,1-4H3. The van der Waals surface area contributed by atoms with Gasteiger partial charge < -0.3 is 14.8 Å². The third-order valence-corrected chi connectivity index (χ3v) is 2.57. The zero-order valence-electron chi connectivity index (χ0n) is 12.0. The molecule has 1 N–H and O–H groups in total. The van der Waals surface area contributed by atoms with E-state index < -0.39 is 0 Å². The highest BCUT2D eigenvalue weighted by Crippen LogP contribution is 2.28. The minimum absolute atomic E-state index is 0.527. The molecule has 0 spiro atoms. The molecule has 1 aromatic rings. The van der Waals surface area contributed by atoms with Gasteiger partial charge in [0, 0.05) is 6.04 Å². The number of benzene rings is 1. The predicted molar refractivity (Wildman–Crippen MR) is 75.6 cm³/mol. The van der Waals surface area contributed by atoms with Crippen molar-refractivity contribution in [2.24, 2.45) is 0 Å². The third kappa shape index (κ3) is 4.96. The molecule has 18 heavy (non-hydrogen) atoms. The van der Waals surface area contributed by atoms with Gasteiger partial charge in [0.2, 0.25) is 0 Å². The first kappa shape index (κ1) is 14.8. The summed E-state index contributed by atoms with van der Waals surface area (Å²) in [5.74, 6) is 1.68. The molecule has 0 aliphatic heterocycles. The fraction of sp³-hybridized carbons (Fsp3) is 0.600. The van der Waals surface area contributed by atoms with Gasteiger partial charge in [0.1, 0.15) is 0 Å². The summed E-state index contributed by atoms with van der Waals surface area (Å²) in [5.41, 5.74) is 1.27. The van der Waals surface area contributed by atoms with Gasteiger partial charge in [-0.3, -0.25) is 0 Å². The maximum atomic E-state index is 5.61. The van der Waals surface area contributed by atoms with Crippen LogP contribution in [0.5, 0.6) is 11.5 Å². The van der Waals surface area contributed by atoms with Crippen LogP contribution in [0.15, 0.2) is 18.2 Å². The summed E-state index contributed by atoms with van der Waals surface area (Å²) < 4.78 is 11.2. The zero-order valence-corrected chi connectivity index (χ0v) is 12.0. The van der Waals surface area contributed by atoms with Gasteiger partial charge in [-0.15, -0.1) is 0 Å². The van der Waals surface area contributed by atoms with Crippen LogP contribution in [0.2, 0.25) is 0 Å². The highest BCUT2D eigenvalue weighted by molar-refractivity contribution is 5.43. The van der Waals surface area contributed by atoms with Crippen molar-refractivity contribution in [2.75, 3.05) is 19.8 Å². The van der Waals surface area contributed by atoms with Crippen molar-refractivity contribution in [3.8, 4) is 11.5 Å². The molecule has 0 saturated carbocycles. The zero-order chi connectivity index (χ0) is 13.4. The number of ether oxygens (including phenoxy) is 2. The van der Waals surface area contributed by atoms with Crippen molar-refractivity contribution in [3.63, 3.8) is 0 Å². The molecule has 1 aromatic carbocycles. The summed E-state index contributed by atoms with van der Waals surface area (Å²) >= 11 is 0. The quantitative estimate of drug-likeness (QED) is 0.770. The highest BCUT2D eigenvalue weighted by Gasteiger charge is 2.06. The summed E-state index contributed by atoms with van der Waals surface area (Å²) in [6.45, 7) is 10.6. The molecule has 1 rings (SSSR count). The van der Waals surface area contributed by atoms with Crippen LogP contribution in [0.4, 0.5) is 0 Å². The summed E-state index contributed by atoms with van der Waals surface area (Å²) in [6, 6.07) is 6.71. The van der Waals surface area contributed by atoms with Crippen LogP contribution in [-0.4, -0.2) is 25.8 Å². The van der Waals surface area contributed by atoms with E-state index in [2.05, 4.69) is 31.3 Å². The first-order valence-corrected chi connectivity index (χ1v) is 6.79. The van der Waals surface area contributed by atoms with Crippen molar-refractivity contribution in [2.45, 2.75) is 40.2 Å². The Morgan fingerprint density at radius 2 is 1.72 bits per heavy atom. The Bertz CT molecular complexity index is 350. The second kappa shape index (κ2) is 7.98. The van der Waals surface area contributed by atoms with Crippen LogP contribution < -0.4 is 14.8 Å². The van der Waals surface area contributed by atoms with Gasteiger partial charge in [0.05, 0.1) is 13.2 Å². The van der Waals surface area contributed by atoms with Gasteiger partial charge in [-0.05, 0) is 44.5 Å². The molecule has 3 heteroatoms. The van der Waals surface area contributed by atoms with Crippen LogP contribution in [0.25, 0.3) is 0 Å². The number of hydrogen-bond acceptors (Lipinski definition) is 3. The fourth-order valence-corrected chi connectivity index (χ4v) is 1.76. The Hall–Kier alpha value is -1.22. The molecule has 0 radical (unpaired) electrons. The van der Waals surface area contributed by atoms with Crippen molar-refractivity contribution in [3.05, 3.63) is 23.8 Å². The molecule has 102 valence electrons. The van der Waals surface area contributed by atoms with E-state index in [0.717, 1.165) is 24.5 Å². The van der Waals surface area contributed by atoms with Gasteiger partial charge in [-0.1, -0.05) is 19.9 Å². The molecule has 0 heterocycles. The lowest BCUT2D eigenvalue weighted by Crippen LogP contribution is -2.24. The van der Waals surface area contributed by atoms with Gasteiger partial charge in [0.25, 0.3) is 0 Å². The van der Waals surface area contributed by atoms with E-state index in [0.29, 0.717) is 19.3 Å². The van der Waals surface area contributed by atoms with Crippen LogP contribution in [0.3, 0.4) is 0 Å². The largest absolute Gasteiger partial charge is 0.490 e. The molecule has 0 fully saturated rings. The van der Waals surface area contributed by atoms with Crippen molar-refractivity contribution in [1.29, 1.82) is 0 Å². The number of nitrogens with one attached hydrogen (secondary N) is 1. The van der Waals surface area contributed by atoms with E-state index in [1.165, 1.54) is 5.56 Å². The summed E-state index contributed by atoms with van der Waals surface area (Å²) in [6.07, 6.45) is 1.00.